The molecule has 108 valence electrons. The van der Waals surface area contributed by atoms with Gasteiger partial charge in [-0.05, 0) is 25.0 Å². The predicted octanol–water partition coefficient (Wildman–Crippen LogP) is 2.89. The lowest BCUT2D eigenvalue weighted by Gasteiger charge is -2.03. The molecule has 1 aliphatic rings. The number of nitro groups is 1. The van der Waals surface area contributed by atoms with Crippen LogP contribution < -0.4 is 5.32 Å². The second kappa shape index (κ2) is 5.13. The molecule has 1 fully saturated rings. The third-order valence-electron chi connectivity index (χ3n) is 3.16. The number of carbonyl (C=O) groups excluding carboxylic acids is 1. The van der Waals surface area contributed by atoms with Gasteiger partial charge in [0.1, 0.15) is 11.3 Å². The molecule has 1 saturated carbocycles. The molecule has 0 aliphatic heterocycles. The zero-order chi connectivity index (χ0) is 15.0. The molecule has 0 unspecified atom stereocenters. The molecule has 0 bridgehead atoms. The summed E-state index contributed by atoms with van der Waals surface area (Å²) in [5, 5.41) is 25.1. The van der Waals surface area contributed by atoms with Gasteiger partial charge in [0.15, 0.2) is 5.13 Å². The molecule has 2 aromatic rings. The first-order valence-corrected chi connectivity index (χ1v) is 7.17. The minimum absolute atomic E-state index is 0.192. The molecule has 0 spiro atoms. The summed E-state index contributed by atoms with van der Waals surface area (Å²) in [6, 6.07) is 3.34. The Morgan fingerprint density at radius 3 is 2.90 bits per heavy atom. The number of benzene rings is 1. The summed E-state index contributed by atoms with van der Waals surface area (Å²) in [6.07, 6.45) is 2.21. The van der Waals surface area contributed by atoms with Crippen molar-refractivity contribution in [2.75, 3.05) is 5.32 Å². The van der Waals surface area contributed by atoms with E-state index in [1.807, 2.05) is 5.38 Å². The number of nitrogens with zero attached hydrogens (tertiary/aromatic N) is 2. The van der Waals surface area contributed by atoms with Crippen LogP contribution in [0.5, 0.6) is 5.75 Å². The van der Waals surface area contributed by atoms with Crippen molar-refractivity contribution in [2.45, 2.75) is 18.8 Å². The van der Waals surface area contributed by atoms with E-state index in [-0.39, 0.29) is 17.0 Å². The molecular formula is C13H11N3O4S. The molecule has 0 atom stereocenters. The van der Waals surface area contributed by atoms with E-state index in [0.717, 1.165) is 30.7 Å². The van der Waals surface area contributed by atoms with E-state index in [2.05, 4.69) is 10.3 Å². The van der Waals surface area contributed by atoms with E-state index in [9.17, 15) is 20.0 Å². The first-order chi connectivity index (χ1) is 10.0. The number of rotatable bonds is 4. The molecule has 1 aromatic carbocycles. The smallest absolute Gasteiger partial charge is 0.282 e. The van der Waals surface area contributed by atoms with Crippen molar-refractivity contribution in [1.29, 1.82) is 0 Å². The van der Waals surface area contributed by atoms with Crippen LogP contribution in [0.1, 0.15) is 34.8 Å². The maximum Gasteiger partial charge on any atom is 0.282 e. The van der Waals surface area contributed by atoms with Crippen LogP contribution in [0.2, 0.25) is 0 Å². The molecule has 0 radical (unpaired) electrons. The van der Waals surface area contributed by atoms with Gasteiger partial charge in [-0.15, -0.1) is 11.3 Å². The molecule has 1 amide bonds. The second-order valence-electron chi connectivity index (χ2n) is 4.76. The third kappa shape index (κ3) is 2.84. The maximum absolute atomic E-state index is 12.1. The van der Waals surface area contributed by atoms with E-state index in [4.69, 9.17) is 0 Å². The number of phenols is 1. The third-order valence-corrected chi connectivity index (χ3v) is 3.94. The molecule has 8 heteroatoms. The summed E-state index contributed by atoms with van der Waals surface area (Å²) >= 11 is 1.28. The van der Waals surface area contributed by atoms with Crippen molar-refractivity contribution in [2.24, 2.45) is 0 Å². The SMILES string of the molecule is O=C(Nc1nc(C2CC2)cs1)c1cc(O)ccc1[N+](=O)[O-]. The number of aromatic nitrogens is 1. The van der Waals surface area contributed by atoms with Gasteiger partial charge in [-0.2, -0.15) is 0 Å². The summed E-state index contributed by atoms with van der Waals surface area (Å²) < 4.78 is 0. The second-order valence-corrected chi connectivity index (χ2v) is 5.62. The van der Waals surface area contributed by atoms with Crippen molar-refractivity contribution < 1.29 is 14.8 Å². The van der Waals surface area contributed by atoms with Crippen molar-refractivity contribution in [1.82, 2.24) is 4.98 Å². The van der Waals surface area contributed by atoms with Crippen molar-refractivity contribution in [3.05, 3.63) is 45.0 Å². The fourth-order valence-electron chi connectivity index (χ4n) is 1.94. The summed E-state index contributed by atoms with van der Waals surface area (Å²) in [5.41, 5.74) is 0.396. The number of carbonyl (C=O) groups is 1. The lowest BCUT2D eigenvalue weighted by Crippen LogP contribution is -2.13. The molecule has 1 aromatic heterocycles. The minimum Gasteiger partial charge on any atom is -0.508 e. The topological polar surface area (TPSA) is 105 Å². The highest BCUT2D eigenvalue weighted by Crippen LogP contribution is 2.41. The van der Waals surface area contributed by atoms with E-state index < -0.39 is 10.8 Å². The van der Waals surface area contributed by atoms with Gasteiger partial charge in [-0.1, -0.05) is 0 Å². The van der Waals surface area contributed by atoms with Crippen LogP contribution in [0.3, 0.4) is 0 Å². The van der Waals surface area contributed by atoms with E-state index in [0.29, 0.717) is 11.0 Å². The lowest BCUT2D eigenvalue weighted by molar-refractivity contribution is -0.385. The molecule has 1 heterocycles. The molecule has 7 nitrogen and oxygen atoms in total. The highest BCUT2D eigenvalue weighted by atomic mass is 32.1. The molecule has 0 saturated heterocycles. The monoisotopic (exact) mass is 305 g/mol. The summed E-state index contributed by atoms with van der Waals surface area (Å²) in [4.78, 5) is 26.7. The van der Waals surface area contributed by atoms with Gasteiger partial charge >= 0.3 is 0 Å². The van der Waals surface area contributed by atoms with Crippen LogP contribution in [0.4, 0.5) is 10.8 Å². The van der Waals surface area contributed by atoms with Crippen molar-refractivity contribution in [3.63, 3.8) is 0 Å². The normalized spacial score (nSPS) is 13.9. The standard InChI is InChI=1S/C13H11N3O4S/c17-8-3-4-11(16(19)20)9(5-8)12(18)15-13-14-10(6-21-13)7-1-2-7/h3-7,17H,1-2H2,(H,14,15,18). The average Bonchev–Trinajstić information content (AvgIpc) is 3.19. The van der Waals surface area contributed by atoms with Crippen LogP contribution >= 0.6 is 11.3 Å². The Labute approximate surface area is 123 Å². The highest BCUT2D eigenvalue weighted by Gasteiger charge is 2.27. The number of anilines is 1. The van der Waals surface area contributed by atoms with Gasteiger partial charge in [-0.3, -0.25) is 20.2 Å². The number of aromatic hydroxyl groups is 1. The number of hydrogen-bond donors (Lipinski definition) is 2. The molecule has 21 heavy (non-hydrogen) atoms. The largest absolute Gasteiger partial charge is 0.508 e. The number of thiazole rings is 1. The summed E-state index contributed by atoms with van der Waals surface area (Å²) in [5.74, 6) is -0.389. The van der Waals surface area contributed by atoms with Crippen molar-refractivity contribution in [3.8, 4) is 5.75 Å². The van der Waals surface area contributed by atoms with Crippen LogP contribution in [-0.4, -0.2) is 20.9 Å². The Kier molecular flexibility index (Phi) is 3.30. The minimum atomic E-state index is -0.661. The fraction of sp³-hybridized carbons (Fsp3) is 0.231. The first-order valence-electron chi connectivity index (χ1n) is 6.29. The van der Waals surface area contributed by atoms with Crippen LogP contribution in [-0.2, 0) is 0 Å². The first kappa shape index (κ1) is 13.5. The zero-order valence-electron chi connectivity index (χ0n) is 10.8. The van der Waals surface area contributed by atoms with E-state index in [1.54, 1.807) is 0 Å². The van der Waals surface area contributed by atoms with Crippen LogP contribution in [0.25, 0.3) is 0 Å². The van der Waals surface area contributed by atoms with Crippen molar-refractivity contribution >= 4 is 28.1 Å². The van der Waals surface area contributed by atoms with E-state index in [1.165, 1.54) is 17.4 Å². The van der Waals surface area contributed by atoms with Gasteiger partial charge in [-0.25, -0.2) is 4.98 Å². The number of amides is 1. The van der Waals surface area contributed by atoms with Gasteiger partial charge < -0.3 is 5.11 Å². The molecule has 2 N–H and O–H groups in total. The van der Waals surface area contributed by atoms with E-state index >= 15 is 0 Å². The van der Waals surface area contributed by atoms with Gasteiger partial charge in [0, 0.05) is 17.4 Å². The quantitative estimate of drug-likeness (QED) is 0.667. The Bertz CT molecular complexity index is 724. The number of nitro benzene ring substituents is 1. The number of phenolic OH excluding ortho intramolecular Hbond substituents is 1. The Morgan fingerprint density at radius 1 is 1.48 bits per heavy atom. The molecular weight excluding hydrogens is 294 g/mol. The summed E-state index contributed by atoms with van der Waals surface area (Å²) in [7, 11) is 0. The number of nitrogens with one attached hydrogen (secondary N) is 1. The van der Waals surface area contributed by atoms with Gasteiger partial charge in [0.25, 0.3) is 11.6 Å². The number of hydrogen-bond acceptors (Lipinski definition) is 6. The molecule has 1 aliphatic carbocycles. The fourth-order valence-corrected chi connectivity index (χ4v) is 2.73. The highest BCUT2D eigenvalue weighted by molar-refractivity contribution is 7.14. The Morgan fingerprint density at radius 2 is 2.24 bits per heavy atom. The van der Waals surface area contributed by atoms with Crippen LogP contribution in [0.15, 0.2) is 23.6 Å². The lowest BCUT2D eigenvalue weighted by atomic mass is 10.1. The average molecular weight is 305 g/mol. The predicted molar refractivity (Wildman–Crippen MR) is 76.8 cm³/mol. The van der Waals surface area contributed by atoms with Crippen LogP contribution in [0, 0.1) is 10.1 Å². The van der Waals surface area contributed by atoms with Gasteiger partial charge in [0.2, 0.25) is 0 Å². The molecule has 3 rings (SSSR count). The maximum atomic E-state index is 12.1. The van der Waals surface area contributed by atoms with Gasteiger partial charge in [0.05, 0.1) is 10.6 Å². The Balaban J connectivity index is 1.83. The summed E-state index contributed by atoms with van der Waals surface area (Å²) in [6.45, 7) is 0. The zero-order valence-corrected chi connectivity index (χ0v) is 11.6. The Hall–Kier alpha value is -2.48.